The molecule has 0 spiro atoms. The third-order valence-electron chi connectivity index (χ3n) is 10.9. The quantitative estimate of drug-likeness (QED) is 0.150. The van der Waals surface area contributed by atoms with Crippen molar-refractivity contribution in [3.63, 3.8) is 0 Å². The van der Waals surface area contributed by atoms with Gasteiger partial charge in [-0.15, -0.1) is 35.7 Å². The molecular weight excluding hydrogens is 868 g/mol. The van der Waals surface area contributed by atoms with Crippen LogP contribution in [-0.4, -0.2) is 19.3 Å². The topological polar surface area (TPSA) is 44.9 Å². The molecule has 7 aromatic rings. The molecule has 0 amide bonds. The summed E-state index contributed by atoms with van der Waals surface area (Å²) in [6.07, 6.45) is 2.97. The molecule has 0 saturated heterocycles. The molecule has 0 bridgehead atoms. The zero-order chi connectivity index (χ0) is 39.7. The van der Waals surface area contributed by atoms with Crippen LogP contribution < -0.4 is 4.74 Å². The van der Waals surface area contributed by atoms with E-state index in [9.17, 15) is 0 Å². The number of aryl methyl sites for hydroxylation is 1. The van der Waals surface area contributed by atoms with Crippen LogP contribution in [0.5, 0.6) is 11.5 Å². The van der Waals surface area contributed by atoms with Crippen molar-refractivity contribution in [1.82, 2.24) is 19.3 Å². The summed E-state index contributed by atoms with van der Waals surface area (Å²) in [5.41, 5.74) is 10.6. The van der Waals surface area contributed by atoms with Gasteiger partial charge in [0.25, 0.3) is 0 Å². The molecular formula is C50H56N4OPt. The van der Waals surface area contributed by atoms with Gasteiger partial charge in [0.1, 0.15) is 5.82 Å². The van der Waals surface area contributed by atoms with E-state index in [-0.39, 0.29) is 42.7 Å². The summed E-state index contributed by atoms with van der Waals surface area (Å²) in [7, 11) is 0. The molecule has 0 unspecified atom stereocenters. The number of nitrogens with zero attached hydrogens (tertiary/aromatic N) is 4. The number of fused-ring (bicyclic) bond motifs is 3. The van der Waals surface area contributed by atoms with Gasteiger partial charge in [-0.05, 0) is 63.2 Å². The van der Waals surface area contributed by atoms with E-state index in [1.807, 2.05) is 18.3 Å². The first-order valence-corrected chi connectivity index (χ1v) is 19.7. The summed E-state index contributed by atoms with van der Waals surface area (Å²) in [6, 6.07) is 37.5. The van der Waals surface area contributed by atoms with E-state index in [2.05, 4.69) is 184 Å². The summed E-state index contributed by atoms with van der Waals surface area (Å²) in [5, 5.41) is 7.66. The number of benzene rings is 4. The van der Waals surface area contributed by atoms with Crippen LogP contribution in [0.1, 0.15) is 118 Å². The third-order valence-corrected chi connectivity index (χ3v) is 10.9. The van der Waals surface area contributed by atoms with E-state index in [1.54, 1.807) is 0 Å². The van der Waals surface area contributed by atoms with E-state index in [0.717, 1.165) is 51.3 Å². The minimum absolute atomic E-state index is 0. The largest absolute Gasteiger partial charge is 2.00 e. The van der Waals surface area contributed by atoms with Crippen LogP contribution in [-0.2, 0) is 42.7 Å². The van der Waals surface area contributed by atoms with E-state index in [4.69, 9.17) is 14.8 Å². The molecule has 0 aliphatic rings. The van der Waals surface area contributed by atoms with E-state index in [1.165, 1.54) is 27.6 Å². The van der Waals surface area contributed by atoms with Gasteiger partial charge >= 0.3 is 21.1 Å². The number of hydrogen-bond donors (Lipinski definition) is 0. The Morgan fingerprint density at radius 3 is 2.04 bits per heavy atom. The van der Waals surface area contributed by atoms with Gasteiger partial charge in [-0.1, -0.05) is 138 Å². The van der Waals surface area contributed by atoms with Gasteiger partial charge in [0, 0.05) is 39.6 Å². The Labute approximate surface area is 348 Å². The molecule has 4 aromatic carbocycles. The first-order valence-electron chi connectivity index (χ1n) is 19.7. The molecule has 56 heavy (non-hydrogen) atoms. The molecule has 7 rings (SSSR count). The SMILES string of the molecule is CCC(C)(C)c1ccc2c(c1)c1ccc(Oc3[c-]c(-n4nc(C(C)(C)C)c(-c5ccccc5)c4C(C)(C)C)cc(C)c3)[c-]c1n2-c1cc(C(C)(C)C)ccn1.[Pt+2]. The maximum atomic E-state index is 6.72. The van der Waals surface area contributed by atoms with E-state index < -0.39 is 0 Å². The van der Waals surface area contributed by atoms with Crippen molar-refractivity contribution in [1.29, 1.82) is 0 Å². The first kappa shape index (κ1) is 41.2. The summed E-state index contributed by atoms with van der Waals surface area (Å²) >= 11 is 0. The Hall–Kier alpha value is -4.47. The van der Waals surface area contributed by atoms with Crippen molar-refractivity contribution < 1.29 is 25.8 Å². The molecule has 0 atom stereocenters. The zero-order valence-corrected chi connectivity index (χ0v) is 37.7. The van der Waals surface area contributed by atoms with Crippen molar-refractivity contribution >= 4 is 21.8 Å². The van der Waals surface area contributed by atoms with Crippen LogP contribution in [0, 0.1) is 19.1 Å². The van der Waals surface area contributed by atoms with Crippen molar-refractivity contribution in [2.45, 2.75) is 118 Å². The molecule has 6 heteroatoms. The predicted octanol–water partition coefficient (Wildman–Crippen LogP) is 13.3. The molecule has 0 aliphatic carbocycles. The predicted molar refractivity (Wildman–Crippen MR) is 229 cm³/mol. The molecule has 0 radical (unpaired) electrons. The second-order valence-electron chi connectivity index (χ2n) is 18.9. The standard InChI is InChI=1S/C50H56N4O.Pt/c1-14-50(12,13)35-20-23-41-40(28-35)39-22-21-37(31-42(39)53(41)43-29-34(24-25-51-43)47(3,4)5)55-38-27-32(2)26-36(30-38)54-46(49(9,10)11)44(33-18-16-15-17-19-33)45(52-54)48(6,7)8;/h15-29H,14H2,1-13H3;/q-2;+2. The molecule has 3 aromatic heterocycles. The van der Waals surface area contributed by atoms with E-state index >= 15 is 0 Å². The number of ether oxygens (including phenoxy) is 1. The minimum atomic E-state index is -0.211. The van der Waals surface area contributed by atoms with Gasteiger partial charge in [0.15, 0.2) is 0 Å². The van der Waals surface area contributed by atoms with Crippen LogP contribution in [0.25, 0.3) is 44.4 Å². The maximum absolute atomic E-state index is 6.72. The number of hydrogen-bond acceptors (Lipinski definition) is 3. The van der Waals surface area contributed by atoms with Crippen molar-refractivity contribution in [2.75, 3.05) is 0 Å². The average Bonchev–Trinajstić information content (AvgIpc) is 3.69. The van der Waals surface area contributed by atoms with Crippen LogP contribution >= 0.6 is 0 Å². The number of pyridine rings is 1. The summed E-state index contributed by atoms with van der Waals surface area (Å²) in [5.74, 6) is 2.09. The fraction of sp³-hybridized carbons (Fsp3) is 0.360. The zero-order valence-electron chi connectivity index (χ0n) is 35.4. The van der Waals surface area contributed by atoms with Gasteiger partial charge in [0.2, 0.25) is 0 Å². The molecule has 5 nitrogen and oxygen atoms in total. The Bertz CT molecular complexity index is 2540. The van der Waals surface area contributed by atoms with Gasteiger partial charge in [-0.25, -0.2) is 4.98 Å². The van der Waals surface area contributed by atoms with Crippen molar-refractivity contribution in [3.05, 3.63) is 131 Å². The third kappa shape index (κ3) is 7.77. The first-order chi connectivity index (χ1) is 25.8. The molecule has 0 N–H and O–H groups in total. The van der Waals surface area contributed by atoms with Crippen LogP contribution in [0.2, 0.25) is 0 Å². The number of aromatic nitrogens is 4. The van der Waals surface area contributed by atoms with Gasteiger partial charge in [-0.2, -0.15) is 16.7 Å². The monoisotopic (exact) mass is 923 g/mol. The van der Waals surface area contributed by atoms with Crippen molar-refractivity contribution in [2.24, 2.45) is 0 Å². The van der Waals surface area contributed by atoms with Crippen LogP contribution in [0.3, 0.4) is 0 Å². The Kier molecular flexibility index (Phi) is 10.9. The maximum Gasteiger partial charge on any atom is 2.00 e. The van der Waals surface area contributed by atoms with Gasteiger partial charge < -0.3 is 9.30 Å². The molecule has 0 fully saturated rings. The summed E-state index contributed by atoms with van der Waals surface area (Å²) < 4.78 is 11.0. The fourth-order valence-corrected chi connectivity index (χ4v) is 7.49. The average molecular weight is 924 g/mol. The Balaban J connectivity index is 0.00000532. The second-order valence-corrected chi connectivity index (χ2v) is 18.9. The normalized spacial score (nSPS) is 12.7. The van der Waals surface area contributed by atoms with Crippen LogP contribution in [0.15, 0.2) is 91.1 Å². The van der Waals surface area contributed by atoms with Gasteiger partial charge in [-0.3, -0.25) is 4.68 Å². The molecule has 292 valence electrons. The molecule has 0 aliphatic heterocycles. The Morgan fingerprint density at radius 1 is 0.679 bits per heavy atom. The summed E-state index contributed by atoms with van der Waals surface area (Å²) in [4.78, 5) is 4.92. The molecule has 0 saturated carbocycles. The number of rotatable bonds is 7. The fourth-order valence-electron chi connectivity index (χ4n) is 7.49. The van der Waals surface area contributed by atoms with E-state index in [0.29, 0.717) is 11.5 Å². The minimum Gasteiger partial charge on any atom is -0.509 e. The molecule has 3 heterocycles. The van der Waals surface area contributed by atoms with Crippen molar-refractivity contribution in [3.8, 4) is 34.1 Å². The summed E-state index contributed by atoms with van der Waals surface area (Å²) in [6.45, 7) is 29.2. The van der Waals surface area contributed by atoms with Crippen LogP contribution in [0.4, 0.5) is 0 Å². The second kappa shape index (κ2) is 14.8. The van der Waals surface area contributed by atoms with Gasteiger partial charge in [0.05, 0.1) is 11.4 Å². The smallest absolute Gasteiger partial charge is 0.509 e. The Morgan fingerprint density at radius 2 is 1.39 bits per heavy atom.